The predicted molar refractivity (Wildman–Crippen MR) is 89.1 cm³/mol. The molecule has 0 bridgehead atoms. The molecule has 0 fully saturated rings. The van der Waals surface area contributed by atoms with Crippen LogP contribution in [0.2, 0.25) is 4.13 Å². The van der Waals surface area contributed by atoms with E-state index in [0.717, 1.165) is 30.9 Å². The zero-order valence-corrected chi connectivity index (χ0v) is 17.5. The topological polar surface area (TPSA) is 41.0 Å². The first-order valence-electron chi connectivity index (χ1n) is 7.51. The van der Waals surface area contributed by atoms with Gasteiger partial charge in [-0.25, -0.2) is 0 Å². The number of aromatic nitrogens is 2. The first-order chi connectivity index (χ1) is 10.1. The number of thiol groups is 1. The Kier molecular flexibility index (Phi) is 14.0. The zero-order valence-electron chi connectivity index (χ0n) is 13.6. The molecule has 1 atom stereocenters. The number of unbranched alkanes of at least 4 members (excludes halogenated alkanes) is 1. The van der Waals surface area contributed by atoms with Gasteiger partial charge in [0.15, 0.2) is 0 Å². The predicted octanol–water partition coefficient (Wildman–Crippen LogP) is 3.36. The zero-order chi connectivity index (χ0) is 16.1. The number of hydrogen-bond acceptors (Lipinski definition) is 5. The van der Waals surface area contributed by atoms with Crippen molar-refractivity contribution in [2.24, 2.45) is 0 Å². The SMILES string of the molecule is CCCC[At].CCN(C)CCC(NS)c1cnc(C)cn1. The first kappa shape index (κ1) is 21.2. The number of rotatable bonds is 8. The summed E-state index contributed by atoms with van der Waals surface area (Å²) in [4.78, 5) is 10.9. The maximum Gasteiger partial charge on any atom is 0.0765 e. The van der Waals surface area contributed by atoms with Crippen molar-refractivity contribution in [2.45, 2.75) is 50.2 Å². The van der Waals surface area contributed by atoms with Crippen molar-refractivity contribution in [2.75, 3.05) is 20.1 Å². The Morgan fingerprint density at radius 3 is 2.43 bits per heavy atom. The van der Waals surface area contributed by atoms with Crippen LogP contribution >= 0.6 is 12.8 Å². The van der Waals surface area contributed by atoms with E-state index in [1.54, 1.807) is 6.20 Å². The Morgan fingerprint density at radius 2 is 2.05 bits per heavy atom. The molecule has 122 valence electrons. The van der Waals surface area contributed by atoms with Gasteiger partial charge in [0, 0.05) is 6.20 Å². The van der Waals surface area contributed by atoms with Gasteiger partial charge in [0.05, 0.1) is 23.6 Å². The normalized spacial score (nSPS) is 12.0. The van der Waals surface area contributed by atoms with Crippen LogP contribution in [0.1, 0.15) is 50.5 Å². The van der Waals surface area contributed by atoms with Gasteiger partial charge in [-0.2, -0.15) is 0 Å². The van der Waals surface area contributed by atoms with Gasteiger partial charge in [0.1, 0.15) is 0 Å². The Balaban J connectivity index is 0.000000690. The summed E-state index contributed by atoms with van der Waals surface area (Å²) in [6, 6.07) is 0.158. The quantitative estimate of drug-likeness (QED) is 0.530. The van der Waals surface area contributed by atoms with Gasteiger partial charge < -0.3 is 4.90 Å². The Hall–Kier alpha value is 0.233. The molecule has 0 radical (unpaired) electrons. The van der Waals surface area contributed by atoms with Crippen LogP contribution in [0, 0.1) is 31.6 Å². The second kappa shape index (κ2) is 13.9. The van der Waals surface area contributed by atoms with E-state index in [0.29, 0.717) is 0 Å². The van der Waals surface area contributed by atoms with E-state index >= 15 is 0 Å². The van der Waals surface area contributed by atoms with Gasteiger partial charge in [-0.1, -0.05) is 19.7 Å². The molecule has 0 saturated carbocycles. The molecule has 6 heteroatoms. The van der Waals surface area contributed by atoms with E-state index in [9.17, 15) is 0 Å². The molecule has 0 aromatic carbocycles. The molecular weight excluding hydrogens is 478 g/mol. The monoisotopic (exact) mass is 507 g/mol. The van der Waals surface area contributed by atoms with Crippen LogP contribution in [0.3, 0.4) is 0 Å². The molecule has 1 aromatic rings. The third-order valence-corrected chi connectivity index (χ3v) is 4.49. The minimum absolute atomic E-state index is 0.158. The number of hydrogen-bond donors (Lipinski definition) is 2. The molecule has 21 heavy (non-hydrogen) atoms. The van der Waals surface area contributed by atoms with Crippen LogP contribution in [0.25, 0.3) is 0 Å². The van der Waals surface area contributed by atoms with Gasteiger partial charge in [0.25, 0.3) is 0 Å². The summed E-state index contributed by atoms with van der Waals surface area (Å²) in [5, 5.41) is 0. The summed E-state index contributed by atoms with van der Waals surface area (Å²) >= 11 is 6.03. The Labute approximate surface area is 150 Å². The number of nitrogens with one attached hydrogen (secondary N) is 1. The van der Waals surface area contributed by atoms with Gasteiger partial charge in [-0.3, -0.25) is 14.7 Å². The van der Waals surface area contributed by atoms with Crippen LogP contribution in [0.4, 0.5) is 0 Å². The summed E-state index contributed by atoms with van der Waals surface area (Å²) in [5.74, 6) is 0. The van der Waals surface area contributed by atoms with E-state index in [4.69, 9.17) is 0 Å². The maximum atomic E-state index is 4.36. The molecule has 0 aliphatic carbocycles. The summed E-state index contributed by atoms with van der Waals surface area (Å²) in [5.41, 5.74) is 1.89. The maximum absolute atomic E-state index is 4.36. The molecular formula is C15H29AtN4S. The molecule has 0 spiro atoms. The van der Waals surface area contributed by atoms with Gasteiger partial charge in [-0.15, -0.1) is 0 Å². The van der Waals surface area contributed by atoms with E-state index < -0.39 is 0 Å². The molecule has 1 aromatic heterocycles. The largest absolute Gasteiger partial charge is 0.307 e. The molecule has 0 aliphatic rings. The van der Waals surface area contributed by atoms with Crippen molar-refractivity contribution >= 4 is 12.8 Å². The number of nitrogens with zero attached hydrogens (tertiary/aromatic N) is 3. The van der Waals surface area contributed by atoms with Crippen LogP contribution in [-0.2, 0) is 0 Å². The molecule has 4 nitrogen and oxygen atoms in total. The number of aryl methyl sites for hydroxylation is 1. The smallest absolute Gasteiger partial charge is 0.0765 e. The summed E-state index contributed by atoms with van der Waals surface area (Å²) in [7, 11) is 2.11. The average Bonchev–Trinajstić information content (AvgIpc) is 2.50. The third-order valence-electron chi connectivity index (χ3n) is 3.14. The van der Waals surface area contributed by atoms with Gasteiger partial charge >= 0.3 is 48.6 Å². The second-order valence-corrected chi connectivity index (χ2v) is 6.72. The van der Waals surface area contributed by atoms with Crippen LogP contribution in [0.5, 0.6) is 0 Å². The van der Waals surface area contributed by atoms with Gasteiger partial charge in [0.2, 0.25) is 0 Å². The third kappa shape index (κ3) is 10.6. The molecule has 1 heterocycles. The van der Waals surface area contributed by atoms with E-state index in [1.807, 2.05) is 37.8 Å². The van der Waals surface area contributed by atoms with Crippen molar-refractivity contribution in [3.63, 3.8) is 0 Å². The summed E-state index contributed by atoms with van der Waals surface area (Å²) in [6.07, 6.45) is 7.35. The first-order valence-corrected chi connectivity index (χ1v) is 10.0. The molecule has 1 N–H and O–H groups in total. The molecule has 1 rings (SSSR count). The minimum Gasteiger partial charge on any atom is -0.307 e. The second-order valence-electron chi connectivity index (χ2n) is 4.99. The van der Waals surface area contributed by atoms with Crippen molar-refractivity contribution in [3.05, 3.63) is 23.8 Å². The fourth-order valence-electron chi connectivity index (χ4n) is 1.50. The Bertz CT molecular complexity index is 346. The standard InChI is InChI=1S/C11H20N4S.C4H9At/c1-4-15(3)6-5-10(14-16)11-8-12-9(2)7-13-11;1-2-3-4-5/h7-8,10,14,16H,4-6H2,1-3H3;2-4H2,1H3. The average molecular weight is 507 g/mol. The van der Waals surface area contributed by atoms with Crippen LogP contribution < -0.4 is 4.72 Å². The van der Waals surface area contributed by atoms with E-state index in [1.165, 1.54) is 17.0 Å². The van der Waals surface area contributed by atoms with Crippen molar-refractivity contribution in [3.8, 4) is 0 Å². The fraction of sp³-hybridized carbons (Fsp3) is 0.733. The van der Waals surface area contributed by atoms with Crippen molar-refractivity contribution in [1.29, 1.82) is 0 Å². The fourth-order valence-corrected chi connectivity index (χ4v) is 2.80. The van der Waals surface area contributed by atoms with Crippen molar-refractivity contribution < 1.29 is 24.7 Å². The van der Waals surface area contributed by atoms with Crippen LogP contribution in [-0.4, -0.2) is 35.0 Å². The Morgan fingerprint density at radius 1 is 1.33 bits per heavy atom. The molecule has 0 amide bonds. The van der Waals surface area contributed by atoms with Crippen molar-refractivity contribution in [1.82, 2.24) is 19.6 Å². The minimum atomic E-state index is 0.158. The summed E-state index contributed by atoms with van der Waals surface area (Å²) < 4.78 is 4.38. The van der Waals surface area contributed by atoms with E-state index in [2.05, 4.69) is 53.3 Å². The van der Waals surface area contributed by atoms with Crippen LogP contribution in [0.15, 0.2) is 12.4 Å². The molecule has 0 saturated heterocycles. The van der Waals surface area contributed by atoms with Gasteiger partial charge in [-0.05, 0) is 33.5 Å². The van der Waals surface area contributed by atoms with E-state index in [-0.39, 0.29) is 6.04 Å². The molecule has 0 aliphatic heterocycles. The summed E-state index contributed by atoms with van der Waals surface area (Å²) in [6.45, 7) is 8.38. The molecule has 1 unspecified atom stereocenters.